The van der Waals surface area contributed by atoms with Gasteiger partial charge in [-0.2, -0.15) is 0 Å². The molecule has 0 saturated carbocycles. The third-order valence-corrected chi connectivity index (χ3v) is 5.37. The maximum atomic E-state index is 11.3. The van der Waals surface area contributed by atoms with E-state index in [1.807, 2.05) is 36.4 Å². The summed E-state index contributed by atoms with van der Waals surface area (Å²) in [6, 6.07) is 11.3. The van der Waals surface area contributed by atoms with E-state index < -0.39 is 20.2 Å². The van der Waals surface area contributed by atoms with Gasteiger partial charge in [0.1, 0.15) is 0 Å². The molecule has 2 aromatic rings. The highest BCUT2D eigenvalue weighted by Gasteiger charge is 2.30. The topological polar surface area (TPSA) is 123 Å². The highest BCUT2D eigenvalue weighted by molar-refractivity contribution is 6.62. The Bertz CT molecular complexity index is 965. The van der Waals surface area contributed by atoms with Gasteiger partial charge in [-0.15, -0.1) is 0 Å². The van der Waals surface area contributed by atoms with E-state index in [2.05, 4.69) is 0 Å². The highest BCUT2D eigenvalue weighted by Crippen LogP contribution is 2.15. The molecule has 0 bridgehead atoms. The van der Waals surface area contributed by atoms with Crippen molar-refractivity contribution < 1.29 is 38.8 Å². The number of benzene rings is 2. The molecule has 3 N–H and O–H groups in total. The zero-order valence-electron chi connectivity index (χ0n) is 18.0. The van der Waals surface area contributed by atoms with Crippen LogP contribution < -0.4 is 10.9 Å². The van der Waals surface area contributed by atoms with Crippen molar-refractivity contribution in [1.29, 1.82) is 0 Å². The maximum absolute atomic E-state index is 11.3. The summed E-state index contributed by atoms with van der Waals surface area (Å²) < 4.78 is 15.1. The maximum Gasteiger partial charge on any atom is 0.492 e. The van der Waals surface area contributed by atoms with Crippen LogP contribution in [0.1, 0.15) is 42.0 Å². The normalized spacial score (nSPS) is 13.8. The van der Waals surface area contributed by atoms with Crippen LogP contribution in [0.15, 0.2) is 36.4 Å². The van der Waals surface area contributed by atoms with E-state index in [9.17, 15) is 19.6 Å². The number of fused-ring (bicyclic) bond motifs is 2. The molecule has 10 heteroatoms. The Labute approximate surface area is 187 Å². The quantitative estimate of drug-likeness (QED) is 0.416. The molecule has 4 rings (SSSR count). The van der Waals surface area contributed by atoms with E-state index in [1.54, 1.807) is 6.92 Å². The molecule has 0 radical (unpaired) electrons. The first-order valence-corrected chi connectivity index (χ1v) is 10.6. The molecule has 2 aliphatic heterocycles. The summed E-state index contributed by atoms with van der Waals surface area (Å²) in [4.78, 5) is 21.7. The average molecular weight is 440 g/mol. The van der Waals surface area contributed by atoms with Gasteiger partial charge < -0.3 is 29.2 Å². The Hall–Kier alpha value is -2.65. The van der Waals surface area contributed by atoms with Gasteiger partial charge >= 0.3 is 26.2 Å². The number of aliphatic carboxylic acids is 1. The Kier molecular flexibility index (Phi) is 8.46. The largest absolute Gasteiger partial charge is 0.492 e. The van der Waals surface area contributed by atoms with Gasteiger partial charge in [0.2, 0.25) is 0 Å². The lowest BCUT2D eigenvalue weighted by molar-refractivity contribution is -0.143. The standard InChI is InChI=1S/C12H15BO4.C10H11BO4/c1-2-16-11(14)7-6-9-4-3-5-10-8-17-13(15)12(9)10;12-9(13)5-4-7-2-1-3-8-6-15-11(14)10(7)8/h3-5,15H,2,6-8H2,1H3;1-3,14H,4-6H2,(H,12,13). The van der Waals surface area contributed by atoms with Gasteiger partial charge in [0.05, 0.1) is 19.8 Å². The van der Waals surface area contributed by atoms with Gasteiger partial charge in [0.15, 0.2) is 0 Å². The number of esters is 1. The lowest BCUT2D eigenvalue weighted by Gasteiger charge is -2.07. The van der Waals surface area contributed by atoms with Gasteiger partial charge in [-0.05, 0) is 52.9 Å². The van der Waals surface area contributed by atoms with Crippen LogP contribution in [0.25, 0.3) is 0 Å². The minimum atomic E-state index is -0.898. The summed E-state index contributed by atoms with van der Waals surface area (Å²) in [7, 11) is -1.76. The van der Waals surface area contributed by atoms with Crippen LogP contribution in [0.5, 0.6) is 0 Å². The van der Waals surface area contributed by atoms with Crippen LogP contribution in [-0.2, 0) is 49.7 Å². The number of ether oxygens (including phenoxy) is 1. The number of aryl methyl sites for hydroxylation is 2. The molecular formula is C22H26B2O8. The summed E-state index contributed by atoms with van der Waals surface area (Å²) in [5, 5.41) is 27.8. The minimum absolute atomic E-state index is 0.0726. The Morgan fingerprint density at radius 1 is 0.906 bits per heavy atom. The van der Waals surface area contributed by atoms with Crippen molar-refractivity contribution in [3.8, 4) is 0 Å². The molecule has 8 nitrogen and oxygen atoms in total. The van der Waals surface area contributed by atoms with E-state index in [0.717, 1.165) is 33.2 Å². The summed E-state index contributed by atoms with van der Waals surface area (Å²) in [6.45, 7) is 3.02. The van der Waals surface area contributed by atoms with E-state index in [0.29, 0.717) is 39.1 Å². The van der Waals surface area contributed by atoms with Crippen LogP contribution in [0.4, 0.5) is 0 Å². The second kappa shape index (κ2) is 11.3. The first-order chi connectivity index (χ1) is 15.4. The molecule has 0 aliphatic carbocycles. The molecule has 0 saturated heterocycles. The molecule has 2 heterocycles. The van der Waals surface area contributed by atoms with Gasteiger partial charge in [-0.25, -0.2) is 0 Å². The van der Waals surface area contributed by atoms with Crippen molar-refractivity contribution in [1.82, 2.24) is 0 Å². The molecule has 2 aromatic carbocycles. The molecule has 0 fully saturated rings. The predicted octanol–water partition coefficient (Wildman–Crippen LogP) is 0.321. The number of carbonyl (C=O) groups excluding carboxylic acids is 1. The first-order valence-electron chi connectivity index (χ1n) is 10.6. The van der Waals surface area contributed by atoms with Crippen LogP contribution in [0, 0.1) is 0 Å². The number of carboxylic acids is 1. The van der Waals surface area contributed by atoms with Gasteiger partial charge in [-0.3, -0.25) is 9.59 Å². The molecule has 2 aliphatic rings. The minimum Gasteiger partial charge on any atom is -0.481 e. The second-order valence-corrected chi connectivity index (χ2v) is 7.51. The van der Waals surface area contributed by atoms with E-state index in [1.165, 1.54) is 0 Å². The fraction of sp³-hybridized carbons (Fsp3) is 0.364. The zero-order valence-corrected chi connectivity index (χ0v) is 18.0. The molecule has 0 unspecified atom stereocenters. The molecule has 168 valence electrons. The molecular weight excluding hydrogens is 414 g/mol. The van der Waals surface area contributed by atoms with Crippen LogP contribution in [-0.4, -0.2) is 47.9 Å². The summed E-state index contributed by atoms with van der Waals surface area (Å²) >= 11 is 0. The van der Waals surface area contributed by atoms with Crippen molar-refractivity contribution >= 4 is 37.1 Å². The number of carbonyl (C=O) groups is 2. The summed E-state index contributed by atoms with van der Waals surface area (Å²) in [5.74, 6) is -1.04. The van der Waals surface area contributed by atoms with Gasteiger partial charge in [-0.1, -0.05) is 36.4 Å². The fourth-order valence-corrected chi connectivity index (χ4v) is 3.87. The van der Waals surface area contributed by atoms with Crippen LogP contribution in [0.3, 0.4) is 0 Å². The average Bonchev–Trinajstić information content (AvgIpc) is 3.35. The smallest absolute Gasteiger partial charge is 0.481 e. The van der Waals surface area contributed by atoms with Crippen molar-refractivity contribution in [3.63, 3.8) is 0 Å². The lowest BCUT2D eigenvalue weighted by Crippen LogP contribution is -2.31. The summed E-state index contributed by atoms with van der Waals surface area (Å²) in [5.41, 5.74) is 5.33. The molecule has 0 spiro atoms. The van der Waals surface area contributed by atoms with Crippen molar-refractivity contribution in [2.75, 3.05) is 6.61 Å². The van der Waals surface area contributed by atoms with Crippen molar-refractivity contribution in [3.05, 3.63) is 58.7 Å². The monoisotopic (exact) mass is 440 g/mol. The zero-order chi connectivity index (χ0) is 23.1. The SMILES string of the molecule is CCOC(=O)CCc1cccc2c1B(O)OC2.O=C(O)CCc1cccc2c1B(O)OC2. The number of hydrogen-bond acceptors (Lipinski definition) is 7. The van der Waals surface area contributed by atoms with Crippen LogP contribution >= 0.6 is 0 Å². The Balaban J connectivity index is 0.000000182. The molecule has 0 aromatic heterocycles. The second-order valence-electron chi connectivity index (χ2n) is 7.51. The van der Waals surface area contributed by atoms with Crippen molar-refractivity contribution in [2.24, 2.45) is 0 Å². The Morgan fingerprint density at radius 3 is 1.88 bits per heavy atom. The summed E-state index contributed by atoms with van der Waals surface area (Å²) in [6.07, 6.45) is 1.40. The fourth-order valence-electron chi connectivity index (χ4n) is 3.87. The third-order valence-electron chi connectivity index (χ3n) is 5.37. The number of hydrogen-bond donors (Lipinski definition) is 3. The number of carboxylic acid groups (broad SMARTS) is 1. The van der Waals surface area contributed by atoms with E-state index in [-0.39, 0.29) is 12.4 Å². The van der Waals surface area contributed by atoms with Gasteiger partial charge in [0, 0.05) is 12.8 Å². The van der Waals surface area contributed by atoms with E-state index in [4.69, 9.17) is 19.2 Å². The van der Waals surface area contributed by atoms with E-state index >= 15 is 0 Å². The molecule has 0 amide bonds. The molecule has 0 atom stereocenters. The third kappa shape index (κ3) is 5.98. The van der Waals surface area contributed by atoms with Crippen molar-refractivity contribution in [2.45, 2.75) is 45.8 Å². The van der Waals surface area contributed by atoms with Crippen LogP contribution in [0.2, 0.25) is 0 Å². The first kappa shape index (κ1) is 24.0. The Morgan fingerprint density at radius 2 is 1.41 bits per heavy atom. The molecule has 32 heavy (non-hydrogen) atoms. The number of rotatable bonds is 7. The predicted molar refractivity (Wildman–Crippen MR) is 119 cm³/mol. The highest BCUT2D eigenvalue weighted by atomic mass is 16.5. The van der Waals surface area contributed by atoms with Gasteiger partial charge in [0.25, 0.3) is 0 Å². The lowest BCUT2D eigenvalue weighted by atomic mass is 9.75.